The molecule has 1 atom stereocenters. The van der Waals surface area contributed by atoms with Crippen molar-refractivity contribution in [1.82, 2.24) is 25.0 Å². The van der Waals surface area contributed by atoms with Crippen molar-refractivity contribution in [2.75, 3.05) is 18.8 Å². The van der Waals surface area contributed by atoms with E-state index in [9.17, 15) is 22.4 Å². The number of nitrogens with two attached hydrogens (primary N) is 1. The summed E-state index contributed by atoms with van der Waals surface area (Å²) in [6.45, 7) is 1.60. The van der Waals surface area contributed by atoms with Crippen molar-refractivity contribution in [2.45, 2.75) is 55.8 Å². The van der Waals surface area contributed by atoms with Crippen molar-refractivity contribution in [3.8, 4) is 11.3 Å². The van der Waals surface area contributed by atoms with Crippen molar-refractivity contribution in [2.24, 2.45) is 0 Å². The second kappa shape index (κ2) is 8.19. The molecule has 2 aliphatic heterocycles. The summed E-state index contributed by atoms with van der Waals surface area (Å²) >= 11 is 0. The van der Waals surface area contributed by atoms with Gasteiger partial charge in [0.1, 0.15) is 11.6 Å². The first-order chi connectivity index (χ1) is 17.6. The van der Waals surface area contributed by atoms with E-state index in [1.54, 1.807) is 29.2 Å². The van der Waals surface area contributed by atoms with E-state index in [-0.39, 0.29) is 22.8 Å². The summed E-state index contributed by atoms with van der Waals surface area (Å²) in [6, 6.07) is 9.11. The number of carbonyl (C=O) groups excluding carboxylic acids is 1. The van der Waals surface area contributed by atoms with E-state index in [0.717, 1.165) is 24.6 Å². The zero-order valence-electron chi connectivity index (χ0n) is 20.0. The molecule has 37 heavy (non-hydrogen) atoms. The predicted molar refractivity (Wildman–Crippen MR) is 128 cm³/mol. The van der Waals surface area contributed by atoms with Gasteiger partial charge in [-0.2, -0.15) is 18.3 Å². The maximum atomic E-state index is 14.5. The summed E-state index contributed by atoms with van der Waals surface area (Å²) < 4.78 is 56.4. The molecule has 11 heteroatoms. The average molecular weight is 515 g/mol. The molecule has 0 bridgehead atoms. The number of urea groups is 1. The Morgan fingerprint density at radius 1 is 1.08 bits per heavy atom. The number of anilines is 1. The van der Waals surface area contributed by atoms with Crippen LogP contribution in [0, 0.1) is 5.82 Å². The molecule has 1 aliphatic carbocycles. The lowest BCUT2D eigenvalue weighted by Gasteiger charge is -2.44. The van der Waals surface area contributed by atoms with Crippen LogP contribution in [-0.2, 0) is 23.7 Å². The largest absolute Gasteiger partial charge is 0.419 e. The Morgan fingerprint density at radius 2 is 1.84 bits per heavy atom. The molecule has 0 radical (unpaired) electrons. The highest BCUT2D eigenvalue weighted by Crippen LogP contribution is 2.46. The second-order valence-electron chi connectivity index (χ2n) is 10.3. The Morgan fingerprint density at radius 3 is 2.54 bits per heavy atom. The third-order valence-electron chi connectivity index (χ3n) is 8.23. The summed E-state index contributed by atoms with van der Waals surface area (Å²) in [5.41, 5.74) is 5.48. The van der Waals surface area contributed by atoms with Gasteiger partial charge in [-0.25, -0.2) is 14.2 Å². The van der Waals surface area contributed by atoms with Gasteiger partial charge in [0, 0.05) is 48.1 Å². The number of rotatable bonds is 3. The highest BCUT2D eigenvalue weighted by atomic mass is 19.4. The van der Waals surface area contributed by atoms with Gasteiger partial charge in [-0.1, -0.05) is 18.2 Å². The first-order valence-electron chi connectivity index (χ1n) is 12.3. The summed E-state index contributed by atoms with van der Waals surface area (Å²) in [5.74, 6) is -0.894. The van der Waals surface area contributed by atoms with Crippen LogP contribution in [0.4, 0.5) is 28.2 Å². The van der Waals surface area contributed by atoms with E-state index < -0.39 is 23.1 Å². The molecule has 1 unspecified atom stereocenters. The molecule has 194 valence electrons. The summed E-state index contributed by atoms with van der Waals surface area (Å²) in [6.07, 6.45) is 0.462. The number of carbonyl (C=O) groups is 1. The number of aromatic nitrogens is 3. The van der Waals surface area contributed by atoms with Crippen molar-refractivity contribution in [3.63, 3.8) is 0 Å². The van der Waals surface area contributed by atoms with Crippen LogP contribution >= 0.6 is 0 Å². The van der Waals surface area contributed by atoms with Crippen LogP contribution in [0.2, 0.25) is 0 Å². The molecule has 2 aromatic heterocycles. The third kappa shape index (κ3) is 3.82. The minimum absolute atomic E-state index is 0.226. The Hall–Kier alpha value is -3.63. The minimum Gasteiger partial charge on any atom is -0.383 e. The average Bonchev–Trinajstić information content (AvgIpc) is 3.53. The Bertz CT molecular complexity index is 1380. The summed E-state index contributed by atoms with van der Waals surface area (Å²) in [4.78, 5) is 18.8. The third-order valence-corrected chi connectivity index (χ3v) is 8.23. The molecule has 3 aromatic rings. The van der Waals surface area contributed by atoms with Crippen LogP contribution in [0.3, 0.4) is 0 Å². The van der Waals surface area contributed by atoms with Gasteiger partial charge in [-0.3, -0.25) is 4.68 Å². The lowest BCUT2D eigenvalue weighted by Crippen LogP contribution is -2.55. The molecular formula is C26H26F4N6O. The van der Waals surface area contributed by atoms with E-state index in [1.807, 2.05) is 4.68 Å². The van der Waals surface area contributed by atoms with E-state index in [2.05, 4.69) is 15.4 Å². The number of pyridine rings is 1. The van der Waals surface area contributed by atoms with Gasteiger partial charge in [0.05, 0.1) is 16.8 Å². The molecule has 1 spiro atoms. The first kappa shape index (κ1) is 23.7. The van der Waals surface area contributed by atoms with Crippen molar-refractivity contribution in [3.05, 3.63) is 65.2 Å². The van der Waals surface area contributed by atoms with Gasteiger partial charge in [0.2, 0.25) is 0 Å². The molecule has 1 saturated heterocycles. The quantitative estimate of drug-likeness (QED) is 0.491. The number of halogens is 4. The minimum atomic E-state index is -4.61. The number of nitrogen functional groups attached to an aromatic ring is 1. The Balaban J connectivity index is 1.22. The lowest BCUT2D eigenvalue weighted by atomic mass is 9.71. The number of alkyl halides is 3. The van der Waals surface area contributed by atoms with E-state index >= 15 is 0 Å². The van der Waals surface area contributed by atoms with Gasteiger partial charge in [0.25, 0.3) is 0 Å². The number of likely N-dealkylation sites (tertiary alicyclic amines) is 1. The fraction of sp³-hybridized carbons (Fsp3) is 0.423. The van der Waals surface area contributed by atoms with Crippen LogP contribution in [-0.4, -0.2) is 38.8 Å². The predicted octanol–water partition coefficient (Wildman–Crippen LogP) is 4.82. The van der Waals surface area contributed by atoms with E-state index in [4.69, 9.17) is 5.73 Å². The Labute approximate surface area is 210 Å². The monoisotopic (exact) mass is 514 g/mol. The van der Waals surface area contributed by atoms with Gasteiger partial charge in [-0.15, -0.1) is 0 Å². The number of benzene rings is 1. The highest BCUT2D eigenvalue weighted by molar-refractivity contribution is 5.76. The number of nitrogens with zero attached hydrogens (tertiary/aromatic N) is 4. The SMILES string of the molecule is Nc1ncc(-c2cc3n(n2)CCC32CCN(C(=O)NC3(c4ccccc4F)CCC3)C2)cc1C(F)(F)F. The van der Waals surface area contributed by atoms with Gasteiger partial charge in [-0.05, 0) is 50.3 Å². The topological polar surface area (TPSA) is 89.1 Å². The van der Waals surface area contributed by atoms with Crippen LogP contribution in [0.5, 0.6) is 0 Å². The molecule has 2 amide bonds. The molecule has 3 aliphatic rings. The number of aryl methyl sites for hydroxylation is 1. The van der Waals surface area contributed by atoms with Crippen LogP contribution < -0.4 is 11.1 Å². The fourth-order valence-corrected chi connectivity index (χ4v) is 6.03. The van der Waals surface area contributed by atoms with E-state index in [0.29, 0.717) is 50.2 Å². The van der Waals surface area contributed by atoms with Gasteiger partial charge >= 0.3 is 12.2 Å². The molecular weight excluding hydrogens is 488 g/mol. The smallest absolute Gasteiger partial charge is 0.383 e. The molecule has 6 rings (SSSR count). The number of fused-ring (bicyclic) bond motifs is 2. The molecule has 2 fully saturated rings. The maximum absolute atomic E-state index is 14.5. The molecule has 7 nitrogen and oxygen atoms in total. The zero-order valence-corrected chi connectivity index (χ0v) is 20.0. The van der Waals surface area contributed by atoms with Gasteiger partial charge < -0.3 is 16.0 Å². The normalized spacial score (nSPS) is 22.2. The van der Waals surface area contributed by atoms with Crippen molar-refractivity contribution in [1.29, 1.82) is 0 Å². The second-order valence-corrected chi connectivity index (χ2v) is 10.3. The molecule has 1 aromatic carbocycles. The van der Waals surface area contributed by atoms with Crippen LogP contribution in [0.15, 0.2) is 42.6 Å². The summed E-state index contributed by atoms with van der Waals surface area (Å²) in [7, 11) is 0. The molecule has 1 saturated carbocycles. The first-order valence-corrected chi connectivity index (χ1v) is 12.3. The fourth-order valence-electron chi connectivity index (χ4n) is 6.03. The zero-order chi connectivity index (χ0) is 26.0. The lowest BCUT2D eigenvalue weighted by molar-refractivity contribution is -0.137. The number of nitrogens with one attached hydrogen (secondary N) is 1. The van der Waals surface area contributed by atoms with Crippen LogP contribution in [0.25, 0.3) is 11.3 Å². The van der Waals surface area contributed by atoms with Gasteiger partial charge in [0.15, 0.2) is 0 Å². The number of hydrogen-bond acceptors (Lipinski definition) is 4. The van der Waals surface area contributed by atoms with Crippen molar-refractivity contribution >= 4 is 11.8 Å². The van der Waals surface area contributed by atoms with E-state index in [1.165, 1.54) is 12.3 Å². The highest BCUT2D eigenvalue weighted by Gasteiger charge is 2.49. The number of hydrogen-bond donors (Lipinski definition) is 2. The standard InChI is InChI=1S/C26H26F4N6O/c27-19-5-2-1-4-17(19)25(6-3-7-25)33-23(37)35-10-8-24(15-35)9-11-36-21(24)13-20(34-36)16-12-18(26(28,29)30)22(31)32-14-16/h1-2,4-5,12-14H,3,6-11,15H2,(H2,31,32)(H,33,37). The number of amides is 2. The molecule has 4 heterocycles. The Kier molecular flexibility index (Phi) is 5.26. The molecule has 3 N–H and O–H groups in total. The van der Waals surface area contributed by atoms with Crippen molar-refractivity contribution < 1.29 is 22.4 Å². The van der Waals surface area contributed by atoms with Crippen LogP contribution in [0.1, 0.15) is 48.9 Å². The summed E-state index contributed by atoms with van der Waals surface area (Å²) in [5, 5.41) is 7.66. The maximum Gasteiger partial charge on any atom is 0.419 e.